The molecule has 118 valence electrons. The Hall–Kier alpha value is -1.04. The Balaban J connectivity index is 2.06. The first-order chi connectivity index (χ1) is 11.2. The Bertz CT molecular complexity index is 722. The van der Waals surface area contributed by atoms with Crippen LogP contribution in [0.15, 0.2) is 52.9 Å². The summed E-state index contributed by atoms with van der Waals surface area (Å²) in [4.78, 5) is 5.83. The molecule has 0 aliphatic heterocycles. The van der Waals surface area contributed by atoms with E-state index in [2.05, 4.69) is 0 Å². The number of rotatable bonds is 5. The maximum atomic E-state index is 9.03. The molecule has 3 rings (SSSR count). The number of nitrogens with zero attached hydrogens (tertiary/aromatic N) is 1. The second kappa shape index (κ2) is 7.69. The molecule has 0 aliphatic rings. The van der Waals surface area contributed by atoms with E-state index < -0.39 is 0 Å². The zero-order valence-electron chi connectivity index (χ0n) is 12.0. The standard InChI is InChI=1S/C17H13Cl2NOS2/c18-13-5-1-11(2-6-13)15-16(12-3-7-14(19)8-4-12)23-17(20-15)22-10-9-21/h1-8,21H,9-10H2. The van der Waals surface area contributed by atoms with Gasteiger partial charge in [-0.15, -0.1) is 11.3 Å². The molecule has 3 aromatic rings. The third-order valence-corrected chi connectivity index (χ3v) is 5.88. The number of aliphatic hydroxyl groups is 1. The molecule has 0 bridgehead atoms. The fourth-order valence-corrected chi connectivity index (χ4v) is 4.33. The van der Waals surface area contributed by atoms with Gasteiger partial charge in [-0.3, -0.25) is 0 Å². The second-order valence-electron chi connectivity index (χ2n) is 4.74. The van der Waals surface area contributed by atoms with E-state index in [4.69, 9.17) is 33.3 Å². The molecule has 1 aromatic heterocycles. The second-order valence-corrected chi connectivity index (χ2v) is 7.96. The SMILES string of the molecule is OCCSc1nc(-c2ccc(Cl)cc2)c(-c2ccc(Cl)cc2)s1. The number of thiazole rings is 1. The smallest absolute Gasteiger partial charge is 0.151 e. The van der Waals surface area contributed by atoms with Crippen molar-refractivity contribution in [3.63, 3.8) is 0 Å². The number of halogens is 2. The third-order valence-electron chi connectivity index (χ3n) is 3.15. The molecule has 0 saturated carbocycles. The summed E-state index contributed by atoms with van der Waals surface area (Å²) in [6.07, 6.45) is 0. The van der Waals surface area contributed by atoms with Crippen LogP contribution in [0, 0.1) is 0 Å². The summed E-state index contributed by atoms with van der Waals surface area (Å²) >= 11 is 15.1. The highest BCUT2D eigenvalue weighted by atomic mass is 35.5. The largest absolute Gasteiger partial charge is 0.396 e. The van der Waals surface area contributed by atoms with E-state index in [9.17, 15) is 0 Å². The van der Waals surface area contributed by atoms with Gasteiger partial charge in [0.25, 0.3) is 0 Å². The molecule has 0 radical (unpaired) electrons. The van der Waals surface area contributed by atoms with Gasteiger partial charge < -0.3 is 5.11 Å². The molecular weight excluding hydrogens is 369 g/mol. The van der Waals surface area contributed by atoms with Crippen molar-refractivity contribution in [1.29, 1.82) is 0 Å². The minimum absolute atomic E-state index is 0.136. The van der Waals surface area contributed by atoms with Crippen LogP contribution in [0.1, 0.15) is 0 Å². The van der Waals surface area contributed by atoms with Crippen molar-refractivity contribution in [2.24, 2.45) is 0 Å². The van der Waals surface area contributed by atoms with E-state index in [0.717, 1.165) is 26.0 Å². The predicted molar refractivity (Wildman–Crippen MR) is 101 cm³/mol. The number of hydrogen-bond acceptors (Lipinski definition) is 4. The first-order valence-electron chi connectivity index (χ1n) is 6.94. The highest BCUT2D eigenvalue weighted by Gasteiger charge is 2.15. The number of aromatic nitrogens is 1. The first kappa shape index (κ1) is 16.8. The normalized spacial score (nSPS) is 10.9. The number of thioether (sulfide) groups is 1. The zero-order valence-corrected chi connectivity index (χ0v) is 15.1. The monoisotopic (exact) mass is 381 g/mol. The van der Waals surface area contributed by atoms with Crippen LogP contribution < -0.4 is 0 Å². The molecule has 2 aromatic carbocycles. The van der Waals surface area contributed by atoms with Gasteiger partial charge in [0.05, 0.1) is 17.2 Å². The van der Waals surface area contributed by atoms with Crippen LogP contribution in [-0.4, -0.2) is 22.5 Å². The molecule has 23 heavy (non-hydrogen) atoms. The zero-order chi connectivity index (χ0) is 16.2. The van der Waals surface area contributed by atoms with Gasteiger partial charge in [-0.1, -0.05) is 59.2 Å². The van der Waals surface area contributed by atoms with Gasteiger partial charge in [0.2, 0.25) is 0 Å². The van der Waals surface area contributed by atoms with E-state index in [-0.39, 0.29) is 6.61 Å². The molecule has 6 heteroatoms. The van der Waals surface area contributed by atoms with Crippen LogP contribution in [0.2, 0.25) is 10.0 Å². The maximum absolute atomic E-state index is 9.03. The van der Waals surface area contributed by atoms with Gasteiger partial charge in [0.1, 0.15) is 0 Å². The highest BCUT2D eigenvalue weighted by Crippen LogP contribution is 2.40. The molecule has 0 unspecified atom stereocenters. The van der Waals surface area contributed by atoms with E-state index in [1.165, 1.54) is 0 Å². The minimum Gasteiger partial charge on any atom is -0.396 e. The summed E-state index contributed by atoms with van der Waals surface area (Å²) in [5, 5.41) is 10.4. The van der Waals surface area contributed by atoms with Gasteiger partial charge in [-0.05, 0) is 29.8 Å². The van der Waals surface area contributed by atoms with Crippen molar-refractivity contribution in [3.8, 4) is 21.7 Å². The highest BCUT2D eigenvalue weighted by molar-refractivity contribution is 8.01. The fourth-order valence-electron chi connectivity index (χ4n) is 2.10. The van der Waals surface area contributed by atoms with E-state index >= 15 is 0 Å². The summed E-state index contributed by atoms with van der Waals surface area (Å²) in [6, 6.07) is 15.4. The Morgan fingerprint density at radius 3 is 2.04 bits per heavy atom. The lowest BCUT2D eigenvalue weighted by atomic mass is 10.1. The molecule has 0 fully saturated rings. The van der Waals surface area contributed by atoms with Gasteiger partial charge >= 0.3 is 0 Å². The molecule has 0 aliphatic carbocycles. The van der Waals surface area contributed by atoms with Crippen molar-refractivity contribution in [2.45, 2.75) is 4.34 Å². The summed E-state index contributed by atoms with van der Waals surface area (Å²) in [7, 11) is 0. The van der Waals surface area contributed by atoms with Crippen LogP contribution in [0.25, 0.3) is 21.7 Å². The van der Waals surface area contributed by atoms with E-state index in [0.29, 0.717) is 15.8 Å². The summed E-state index contributed by atoms with van der Waals surface area (Å²) in [5.74, 6) is 0.633. The quantitative estimate of drug-likeness (QED) is 0.561. The lowest BCUT2D eigenvalue weighted by molar-refractivity contribution is 0.322. The summed E-state index contributed by atoms with van der Waals surface area (Å²) in [6.45, 7) is 0.136. The van der Waals surface area contributed by atoms with Crippen molar-refractivity contribution in [2.75, 3.05) is 12.4 Å². The van der Waals surface area contributed by atoms with E-state index in [1.807, 2.05) is 48.5 Å². The third kappa shape index (κ3) is 4.08. The molecule has 0 saturated heterocycles. The first-order valence-corrected chi connectivity index (χ1v) is 9.49. The number of benzene rings is 2. The van der Waals surface area contributed by atoms with Crippen LogP contribution in [0.4, 0.5) is 0 Å². The van der Waals surface area contributed by atoms with Gasteiger partial charge in [0, 0.05) is 21.4 Å². The molecular formula is C17H13Cl2NOS2. The number of aliphatic hydroxyl groups excluding tert-OH is 1. The fraction of sp³-hybridized carbons (Fsp3) is 0.118. The Labute approximate surface area is 153 Å². The molecule has 2 nitrogen and oxygen atoms in total. The Morgan fingerprint density at radius 2 is 1.48 bits per heavy atom. The van der Waals surface area contributed by atoms with E-state index in [1.54, 1.807) is 23.1 Å². The molecule has 1 N–H and O–H groups in total. The maximum Gasteiger partial charge on any atom is 0.151 e. The molecule has 0 amide bonds. The predicted octanol–water partition coefficient (Wildman–Crippen LogP) is 5.87. The lowest BCUT2D eigenvalue weighted by Gasteiger charge is -2.03. The lowest BCUT2D eigenvalue weighted by Crippen LogP contribution is -1.85. The van der Waals surface area contributed by atoms with Crippen LogP contribution in [-0.2, 0) is 0 Å². The Kier molecular flexibility index (Phi) is 5.62. The molecule has 0 atom stereocenters. The van der Waals surface area contributed by atoms with Crippen LogP contribution >= 0.6 is 46.3 Å². The molecule has 0 spiro atoms. The van der Waals surface area contributed by atoms with Gasteiger partial charge in [-0.2, -0.15) is 0 Å². The minimum atomic E-state index is 0.136. The van der Waals surface area contributed by atoms with Crippen molar-refractivity contribution in [3.05, 3.63) is 58.6 Å². The van der Waals surface area contributed by atoms with Crippen molar-refractivity contribution in [1.82, 2.24) is 4.98 Å². The van der Waals surface area contributed by atoms with Crippen molar-refractivity contribution >= 4 is 46.3 Å². The average molecular weight is 382 g/mol. The summed E-state index contributed by atoms with van der Waals surface area (Å²) in [5.41, 5.74) is 3.02. The van der Waals surface area contributed by atoms with Crippen LogP contribution in [0.5, 0.6) is 0 Å². The topological polar surface area (TPSA) is 33.1 Å². The van der Waals surface area contributed by atoms with Gasteiger partial charge in [-0.25, -0.2) is 4.98 Å². The van der Waals surface area contributed by atoms with Crippen LogP contribution in [0.3, 0.4) is 0 Å². The van der Waals surface area contributed by atoms with Gasteiger partial charge in [0.15, 0.2) is 4.34 Å². The molecule has 1 heterocycles. The summed E-state index contributed by atoms with van der Waals surface area (Å²) < 4.78 is 0.939. The average Bonchev–Trinajstić information content (AvgIpc) is 2.98. The number of hydrogen-bond donors (Lipinski definition) is 1. The Morgan fingerprint density at radius 1 is 0.913 bits per heavy atom. The van der Waals surface area contributed by atoms with Crippen molar-refractivity contribution < 1.29 is 5.11 Å².